The first-order chi connectivity index (χ1) is 6.75. The summed E-state index contributed by atoms with van der Waals surface area (Å²) < 4.78 is 5.25. The molecule has 0 spiro atoms. The Labute approximate surface area is 85.2 Å². The molecule has 1 saturated heterocycles. The summed E-state index contributed by atoms with van der Waals surface area (Å²) in [5, 5.41) is 3.22. The molecule has 0 aromatic heterocycles. The minimum atomic E-state index is -0.0440. The smallest absolute Gasteiger partial charge is 0.323 e. The zero-order chi connectivity index (χ0) is 9.97. The van der Waals surface area contributed by atoms with Gasteiger partial charge < -0.3 is 10.1 Å². The van der Waals surface area contributed by atoms with E-state index in [1.54, 1.807) is 0 Å². The van der Waals surface area contributed by atoms with E-state index in [1.165, 1.54) is 19.3 Å². The summed E-state index contributed by atoms with van der Waals surface area (Å²) in [4.78, 5) is 11.6. The standard InChI is InChI=1S/C11H19NO2/c1-8-4-5-12-10(6-8)11(13)14-7-9-2-3-9/h8-10,12H,2-7H2,1H3. The summed E-state index contributed by atoms with van der Waals surface area (Å²) in [6.45, 7) is 3.79. The number of esters is 1. The van der Waals surface area contributed by atoms with Gasteiger partial charge in [-0.3, -0.25) is 4.79 Å². The van der Waals surface area contributed by atoms with Crippen molar-refractivity contribution in [2.24, 2.45) is 11.8 Å². The molecular formula is C11H19NO2. The maximum atomic E-state index is 11.6. The first kappa shape index (κ1) is 9.97. The normalized spacial score (nSPS) is 32.6. The van der Waals surface area contributed by atoms with Gasteiger partial charge in [-0.1, -0.05) is 6.92 Å². The highest BCUT2D eigenvalue weighted by Gasteiger charge is 2.28. The molecule has 0 radical (unpaired) electrons. The van der Waals surface area contributed by atoms with Crippen LogP contribution >= 0.6 is 0 Å². The van der Waals surface area contributed by atoms with E-state index >= 15 is 0 Å². The third-order valence-electron chi connectivity index (χ3n) is 3.11. The number of ether oxygens (including phenoxy) is 1. The second-order valence-corrected chi connectivity index (χ2v) is 4.71. The average Bonchev–Trinajstić information content (AvgIpc) is 2.97. The summed E-state index contributed by atoms with van der Waals surface area (Å²) in [5.74, 6) is 1.28. The lowest BCUT2D eigenvalue weighted by Gasteiger charge is -2.26. The maximum absolute atomic E-state index is 11.6. The Hall–Kier alpha value is -0.570. The molecule has 3 nitrogen and oxygen atoms in total. The molecule has 2 unspecified atom stereocenters. The van der Waals surface area contributed by atoms with Crippen LogP contribution in [0, 0.1) is 11.8 Å². The van der Waals surface area contributed by atoms with E-state index in [2.05, 4.69) is 12.2 Å². The van der Waals surface area contributed by atoms with Crippen molar-refractivity contribution in [1.82, 2.24) is 5.32 Å². The minimum Gasteiger partial charge on any atom is -0.464 e. The molecule has 2 rings (SSSR count). The van der Waals surface area contributed by atoms with Crippen molar-refractivity contribution in [2.75, 3.05) is 13.2 Å². The molecule has 1 aliphatic heterocycles. The Bertz CT molecular complexity index is 213. The van der Waals surface area contributed by atoms with E-state index < -0.39 is 0 Å². The number of piperidine rings is 1. The minimum absolute atomic E-state index is 0.0385. The number of rotatable bonds is 3. The van der Waals surface area contributed by atoms with Crippen molar-refractivity contribution in [3.63, 3.8) is 0 Å². The molecular weight excluding hydrogens is 178 g/mol. The molecule has 2 aliphatic rings. The van der Waals surface area contributed by atoms with Crippen LogP contribution in [0.3, 0.4) is 0 Å². The van der Waals surface area contributed by atoms with Crippen molar-refractivity contribution >= 4 is 5.97 Å². The Morgan fingerprint density at radius 2 is 2.21 bits per heavy atom. The van der Waals surface area contributed by atoms with Crippen LogP contribution in [0.1, 0.15) is 32.6 Å². The Morgan fingerprint density at radius 1 is 1.43 bits per heavy atom. The van der Waals surface area contributed by atoms with E-state index in [1.807, 2.05) is 0 Å². The van der Waals surface area contributed by atoms with Gasteiger partial charge in [0, 0.05) is 0 Å². The molecule has 1 heterocycles. The van der Waals surface area contributed by atoms with E-state index in [0.29, 0.717) is 18.4 Å². The predicted octanol–water partition coefficient (Wildman–Crippen LogP) is 1.33. The first-order valence-electron chi connectivity index (χ1n) is 5.65. The quantitative estimate of drug-likeness (QED) is 0.694. The van der Waals surface area contributed by atoms with E-state index in [9.17, 15) is 4.79 Å². The van der Waals surface area contributed by atoms with Crippen LogP contribution in [-0.4, -0.2) is 25.2 Å². The van der Waals surface area contributed by atoms with Gasteiger partial charge in [-0.2, -0.15) is 0 Å². The molecule has 14 heavy (non-hydrogen) atoms. The van der Waals surface area contributed by atoms with E-state index in [4.69, 9.17) is 4.74 Å². The van der Waals surface area contributed by atoms with Crippen molar-refractivity contribution in [1.29, 1.82) is 0 Å². The predicted molar refractivity (Wildman–Crippen MR) is 53.9 cm³/mol. The van der Waals surface area contributed by atoms with Crippen LogP contribution in [0.2, 0.25) is 0 Å². The third kappa shape index (κ3) is 2.71. The van der Waals surface area contributed by atoms with Gasteiger partial charge in [-0.05, 0) is 44.1 Å². The molecule has 80 valence electrons. The molecule has 2 atom stereocenters. The Kier molecular flexibility index (Phi) is 3.06. The lowest BCUT2D eigenvalue weighted by Crippen LogP contribution is -2.44. The highest BCUT2D eigenvalue weighted by atomic mass is 16.5. The van der Waals surface area contributed by atoms with Gasteiger partial charge in [-0.15, -0.1) is 0 Å². The lowest BCUT2D eigenvalue weighted by molar-refractivity contribution is -0.147. The van der Waals surface area contributed by atoms with Crippen molar-refractivity contribution < 1.29 is 9.53 Å². The molecule has 0 bridgehead atoms. The summed E-state index contributed by atoms with van der Waals surface area (Å²) in [6.07, 6.45) is 4.58. The third-order valence-corrected chi connectivity index (χ3v) is 3.11. The summed E-state index contributed by atoms with van der Waals surface area (Å²) in [5.41, 5.74) is 0. The molecule has 0 aromatic carbocycles. The molecule has 0 amide bonds. The van der Waals surface area contributed by atoms with Crippen LogP contribution in [0.25, 0.3) is 0 Å². The van der Waals surface area contributed by atoms with E-state index in [-0.39, 0.29) is 12.0 Å². The van der Waals surface area contributed by atoms with Crippen LogP contribution in [0.4, 0.5) is 0 Å². The van der Waals surface area contributed by atoms with Gasteiger partial charge in [0.1, 0.15) is 6.04 Å². The van der Waals surface area contributed by atoms with Gasteiger partial charge in [0.2, 0.25) is 0 Å². The maximum Gasteiger partial charge on any atom is 0.323 e. The lowest BCUT2D eigenvalue weighted by atomic mass is 9.94. The van der Waals surface area contributed by atoms with Crippen molar-refractivity contribution in [2.45, 2.75) is 38.6 Å². The Balaban J connectivity index is 1.71. The molecule has 3 heteroatoms. The first-order valence-corrected chi connectivity index (χ1v) is 5.65. The molecule has 1 aliphatic carbocycles. The number of nitrogens with one attached hydrogen (secondary N) is 1. The highest BCUT2D eigenvalue weighted by molar-refractivity contribution is 5.75. The number of hydrogen-bond acceptors (Lipinski definition) is 3. The zero-order valence-electron chi connectivity index (χ0n) is 8.79. The van der Waals surface area contributed by atoms with Crippen molar-refractivity contribution in [3.05, 3.63) is 0 Å². The fourth-order valence-electron chi connectivity index (χ4n) is 1.87. The number of carbonyl (C=O) groups is 1. The van der Waals surface area contributed by atoms with Gasteiger partial charge >= 0.3 is 5.97 Å². The van der Waals surface area contributed by atoms with Crippen LogP contribution in [0.15, 0.2) is 0 Å². The van der Waals surface area contributed by atoms with Crippen LogP contribution in [0.5, 0.6) is 0 Å². The summed E-state index contributed by atoms with van der Waals surface area (Å²) in [7, 11) is 0. The SMILES string of the molecule is CC1CCNC(C(=O)OCC2CC2)C1. The molecule has 1 saturated carbocycles. The fraction of sp³-hybridized carbons (Fsp3) is 0.909. The monoisotopic (exact) mass is 197 g/mol. The number of hydrogen-bond donors (Lipinski definition) is 1. The molecule has 2 fully saturated rings. The molecule has 1 N–H and O–H groups in total. The topological polar surface area (TPSA) is 38.3 Å². The van der Waals surface area contributed by atoms with Crippen molar-refractivity contribution in [3.8, 4) is 0 Å². The zero-order valence-corrected chi connectivity index (χ0v) is 8.79. The second kappa shape index (κ2) is 4.30. The summed E-state index contributed by atoms with van der Waals surface area (Å²) >= 11 is 0. The fourth-order valence-corrected chi connectivity index (χ4v) is 1.87. The van der Waals surface area contributed by atoms with Gasteiger partial charge in [0.25, 0.3) is 0 Å². The second-order valence-electron chi connectivity index (χ2n) is 4.71. The largest absolute Gasteiger partial charge is 0.464 e. The average molecular weight is 197 g/mol. The van der Waals surface area contributed by atoms with E-state index in [0.717, 1.165) is 13.0 Å². The Morgan fingerprint density at radius 3 is 2.86 bits per heavy atom. The number of carbonyl (C=O) groups excluding carboxylic acids is 1. The highest BCUT2D eigenvalue weighted by Crippen LogP contribution is 2.29. The van der Waals surface area contributed by atoms with Gasteiger partial charge in [-0.25, -0.2) is 0 Å². The van der Waals surface area contributed by atoms with Crippen LogP contribution < -0.4 is 5.32 Å². The molecule has 0 aromatic rings. The van der Waals surface area contributed by atoms with Gasteiger partial charge in [0.15, 0.2) is 0 Å². The van der Waals surface area contributed by atoms with Gasteiger partial charge in [0.05, 0.1) is 6.61 Å². The van der Waals surface area contributed by atoms with Crippen LogP contribution in [-0.2, 0) is 9.53 Å². The summed E-state index contributed by atoms with van der Waals surface area (Å²) in [6, 6.07) is -0.0440.